The van der Waals surface area contributed by atoms with Crippen molar-refractivity contribution >= 4 is 29.4 Å². The molecule has 21 heavy (non-hydrogen) atoms. The molecule has 0 spiro atoms. The monoisotopic (exact) mass is 330 g/mol. The molecule has 1 aromatic rings. The Bertz CT molecular complexity index is 422. The number of rotatable bonds is 8. The summed E-state index contributed by atoms with van der Waals surface area (Å²) in [6, 6.07) is 7.21. The number of aliphatic hydroxyl groups is 1. The predicted molar refractivity (Wildman–Crippen MR) is 90.0 cm³/mol. The molecular formula is C15H23ClN2O2S. The van der Waals surface area contributed by atoms with Crippen molar-refractivity contribution in [3.63, 3.8) is 0 Å². The second-order valence-electron chi connectivity index (χ2n) is 4.79. The van der Waals surface area contributed by atoms with Crippen LogP contribution in [0, 0.1) is 0 Å². The van der Waals surface area contributed by atoms with Gasteiger partial charge in [0.25, 0.3) is 0 Å². The Labute approximate surface area is 135 Å². The lowest BCUT2D eigenvalue weighted by Crippen LogP contribution is -2.44. The predicted octanol–water partition coefficient (Wildman–Crippen LogP) is 3.20. The summed E-state index contributed by atoms with van der Waals surface area (Å²) in [5, 5.41) is 15.6. The van der Waals surface area contributed by atoms with Gasteiger partial charge in [-0.05, 0) is 36.8 Å². The zero-order chi connectivity index (χ0) is 15.7. The molecule has 3 N–H and O–H groups in total. The molecule has 0 aromatic heterocycles. The average molecular weight is 331 g/mol. The van der Waals surface area contributed by atoms with Gasteiger partial charge in [-0.3, -0.25) is 0 Å². The first-order valence-corrected chi connectivity index (χ1v) is 8.80. The van der Waals surface area contributed by atoms with E-state index in [1.165, 1.54) is 0 Å². The molecule has 2 amide bonds. The molecule has 0 saturated carbocycles. The summed E-state index contributed by atoms with van der Waals surface area (Å²) in [5.41, 5.74) is 1.03. The highest BCUT2D eigenvalue weighted by atomic mass is 35.5. The number of carbonyl (C=O) groups excluding carboxylic acids is 1. The minimum absolute atomic E-state index is 0.0206. The molecule has 0 heterocycles. The van der Waals surface area contributed by atoms with Crippen LogP contribution in [0.15, 0.2) is 24.3 Å². The fraction of sp³-hybridized carbons (Fsp3) is 0.533. The molecule has 0 fully saturated rings. The number of amides is 2. The maximum atomic E-state index is 12.1. The van der Waals surface area contributed by atoms with Crippen molar-refractivity contribution in [1.29, 1.82) is 0 Å². The Morgan fingerprint density at radius 1 is 1.33 bits per heavy atom. The number of hydrogen-bond acceptors (Lipinski definition) is 3. The molecule has 1 aromatic carbocycles. The Hall–Kier alpha value is -0.910. The second kappa shape index (κ2) is 9.92. The fourth-order valence-electron chi connectivity index (χ4n) is 2.06. The number of benzene rings is 1. The van der Waals surface area contributed by atoms with Crippen LogP contribution in [0.2, 0.25) is 5.02 Å². The largest absolute Gasteiger partial charge is 0.396 e. The van der Waals surface area contributed by atoms with E-state index in [0.717, 1.165) is 17.7 Å². The van der Waals surface area contributed by atoms with Crippen LogP contribution in [-0.2, 0) is 0 Å². The molecule has 0 aliphatic carbocycles. The van der Waals surface area contributed by atoms with Crippen molar-refractivity contribution in [2.45, 2.75) is 31.8 Å². The van der Waals surface area contributed by atoms with Crippen LogP contribution >= 0.6 is 23.4 Å². The second-order valence-corrected chi connectivity index (χ2v) is 6.14. The van der Waals surface area contributed by atoms with E-state index in [-0.39, 0.29) is 24.7 Å². The number of thioether (sulfide) groups is 1. The van der Waals surface area contributed by atoms with Crippen LogP contribution in [0.5, 0.6) is 0 Å². The van der Waals surface area contributed by atoms with E-state index in [2.05, 4.69) is 10.6 Å². The average Bonchev–Trinajstić information content (AvgIpc) is 2.46. The minimum Gasteiger partial charge on any atom is -0.396 e. The van der Waals surface area contributed by atoms with Gasteiger partial charge in [-0.15, -0.1) is 0 Å². The summed E-state index contributed by atoms with van der Waals surface area (Å²) in [6.07, 6.45) is 3.33. The van der Waals surface area contributed by atoms with Gasteiger partial charge in [0.1, 0.15) is 0 Å². The lowest BCUT2D eigenvalue weighted by Gasteiger charge is -2.21. The van der Waals surface area contributed by atoms with Gasteiger partial charge >= 0.3 is 6.03 Å². The molecular weight excluding hydrogens is 308 g/mol. The van der Waals surface area contributed by atoms with Gasteiger partial charge in [-0.2, -0.15) is 11.8 Å². The van der Waals surface area contributed by atoms with Gasteiger partial charge in [0.05, 0.1) is 6.04 Å². The lowest BCUT2D eigenvalue weighted by molar-refractivity contribution is 0.227. The van der Waals surface area contributed by atoms with Crippen molar-refractivity contribution in [3.05, 3.63) is 34.9 Å². The summed E-state index contributed by atoms with van der Waals surface area (Å²) < 4.78 is 0. The lowest BCUT2D eigenvalue weighted by atomic mass is 10.1. The first kappa shape index (κ1) is 18.1. The maximum Gasteiger partial charge on any atom is 0.315 e. The van der Waals surface area contributed by atoms with Gasteiger partial charge in [0.15, 0.2) is 0 Å². The summed E-state index contributed by atoms with van der Waals surface area (Å²) >= 11 is 7.52. The van der Waals surface area contributed by atoms with E-state index >= 15 is 0 Å². The van der Waals surface area contributed by atoms with Gasteiger partial charge in [-0.1, -0.05) is 30.7 Å². The first-order valence-electron chi connectivity index (χ1n) is 7.03. The minimum atomic E-state index is -0.204. The zero-order valence-corrected chi connectivity index (χ0v) is 14.0. The van der Waals surface area contributed by atoms with Gasteiger partial charge in [0, 0.05) is 23.4 Å². The van der Waals surface area contributed by atoms with E-state index in [4.69, 9.17) is 16.7 Å². The highest BCUT2D eigenvalue weighted by Gasteiger charge is 2.15. The van der Waals surface area contributed by atoms with E-state index in [1.54, 1.807) is 11.8 Å². The molecule has 2 unspecified atom stereocenters. The van der Waals surface area contributed by atoms with Crippen molar-refractivity contribution < 1.29 is 9.90 Å². The Morgan fingerprint density at radius 2 is 2.00 bits per heavy atom. The number of aliphatic hydroxyl groups excluding tert-OH is 1. The van der Waals surface area contributed by atoms with E-state index < -0.39 is 0 Å². The van der Waals surface area contributed by atoms with Crippen LogP contribution in [0.3, 0.4) is 0 Å². The molecule has 0 saturated heterocycles. The normalized spacial score (nSPS) is 13.5. The molecule has 6 heteroatoms. The number of carbonyl (C=O) groups is 1. The highest BCUT2D eigenvalue weighted by molar-refractivity contribution is 7.98. The molecule has 2 atom stereocenters. The molecule has 0 aliphatic rings. The fourth-order valence-corrected chi connectivity index (χ4v) is 2.83. The van der Waals surface area contributed by atoms with Gasteiger partial charge in [0.2, 0.25) is 0 Å². The molecule has 118 valence electrons. The summed E-state index contributed by atoms with van der Waals surface area (Å²) in [5.74, 6) is 0.783. The third kappa shape index (κ3) is 6.59. The smallest absolute Gasteiger partial charge is 0.315 e. The summed E-state index contributed by atoms with van der Waals surface area (Å²) in [6.45, 7) is 2.09. The van der Waals surface area contributed by atoms with Crippen LogP contribution in [0.25, 0.3) is 0 Å². The van der Waals surface area contributed by atoms with Crippen LogP contribution < -0.4 is 10.6 Å². The van der Waals surface area contributed by atoms with E-state index in [1.807, 2.05) is 37.4 Å². The number of hydrogen-bond donors (Lipinski definition) is 3. The molecule has 0 radical (unpaired) electrons. The third-order valence-electron chi connectivity index (χ3n) is 3.17. The van der Waals surface area contributed by atoms with E-state index in [0.29, 0.717) is 11.4 Å². The quantitative estimate of drug-likeness (QED) is 0.686. The first-order chi connectivity index (χ1) is 10.1. The Balaban J connectivity index is 2.59. The molecule has 4 nitrogen and oxygen atoms in total. The topological polar surface area (TPSA) is 61.4 Å². The summed E-state index contributed by atoms with van der Waals surface area (Å²) in [4.78, 5) is 12.1. The van der Waals surface area contributed by atoms with Gasteiger partial charge < -0.3 is 15.7 Å². The Morgan fingerprint density at radius 3 is 2.52 bits per heavy atom. The van der Waals surface area contributed by atoms with Crippen LogP contribution in [0.1, 0.15) is 31.4 Å². The van der Waals surface area contributed by atoms with Crippen molar-refractivity contribution in [2.24, 2.45) is 0 Å². The Kier molecular flexibility index (Phi) is 8.57. The van der Waals surface area contributed by atoms with Crippen LogP contribution in [0.4, 0.5) is 4.79 Å². The van der Waals surface area contributed by atoms with Crippen molar-refractivity contribution in [3.8, 4) is 0 Å². The molecule has 0 aliphatic heterocycles. The maximum absolute atomic E-state index is 12.1. The van der Waals surface area contributed by atoms with Crippen LogP contribution in [-0.4, -0.2) is 35.8 Å². The SMILES string of the molecule is CCC(NC(=O)NC(CCO)CSC)c1ccc(Cl)cc1. The highest BCUT2D eigenvalue weighted by Crippen LogP contribution is 2.19. The number of nitrogens with one attached hydrogen (secondary N) is 2. The number of urea groups is 1. The standard InChI is InChI=1S/C15H23ClN2O2S/c1-3-14(11-4-6-12(16)7-5-11)18-15(20)17-13(8-9-19)10-21-2/h4-7,13-14,19H,3,8-10H2,1-2H3,(H2,17,18,20). The molecule has 0 bridgehead atoms. The van der Waals surface area contributed by atoms with Crippen molar-refractivity contribution in [2.75, 3.05) is 18.6 Å². The summed E-state index contributed by atoms with van der Waals surface area (Å²) in [7, 11) is 0. The van der Waals surface area contributed by atoms with E-state index in [9.17, 15) is 4.79 Å². The molecule has 1 rings (SSSR count). The third-order valence-corrected chi connectivity index (χ3v) is 4.15. The van der Waals surface area contributed by atoms with Gasteiger partial charge in [-0.25, -0.2) is 4.79 Å². The zero-order valence-electron chi connectivity index (χ0n) is 12.4. The van der Waals surface area contributed by atoms with Crippen molar-refractivity contribution in [1.82, 2.24) is 10.6 Å². The number of halogens is 1.